The van der Waals surface area contributed by atoms with Gasteiger partial charge in [0.1, 0.15) is 5.82 Å². The molecule has 0 spiro atoms. The molecule has 0 aliphatic rings. The average Bonchev–Trinajstić information content (AvgIpc) is 2.77. The van der Waals surface area contributed by atoms with Crippen LogP contribution in [-0.2, 0) is 6.42 Å². The number of halogens is 3. The minimum Gasteiger partial charge on any atom is -0.493 e. The van der Waals surface area contributed by atoms with Gasteiger partial charge in [0.15, 0.2) is 11.5 Å². The average molecular weight is 616 g/mol. The Balaban J connectivity index is 2.11. The topological polar surface area (TPSA) is 65.7 Å². The van der Waals surface area contributed by atoms with Crippen LogP contribution in [0.4, 0.5) is 0 Å². The van der Waals surface area contributed by atoms with Crippen LogP contribution in [0.25, 0.3) is 10.9 Å². The molecule has 0 bridgehead atoms. The van der Waals surface area contributed by atoms with Crippen LogP contribution < -0.4 is 15.0 Å². The number of hydrogen-bond acceptors (Lipinski definition) is 5. The summed E-state index contributed by atoms with van der Waals surface area (Å²) in [5.74, 6) is 1.76. The first kappa shape index (κ1) is 23.9. The molecule has 3 rings (SSSR count). The molecule has 0 saturated heterocycles. The number of fused-ring (bicyclic) bond motifs is 1. The van der Waals surface area contributed by atoms with Crippen molar-refractivity contribution in [3.63, 3.8) is 0 Å². The monoisotopic (exact) mass is 613 g/mol. The van der Waals surface area contributed by atoms with Crippen LogP contribution in [0.3, 0.4) is 0 Å². The highest BCUT2D eigenvalue weighted by molar-refractivity contribution is 9.13. The van der Waals surface area contributed by atoms with Crippen LogP contribution in [0.2, 0.25) is 0 Å². The molecular formula is C22H22Br3N3O3. The molecule has 0 aliphatic carbocycles. The molecule has 3 aromatic rings. The second-order valence-electron chi connectivity index (χ2n) is 6.87. The minimum atomic E-state index is -0.224. The van der Waals surface area contributed by atoms with Crippen molar-refractivity contribution in [1.29, 1.82) is 0 Å². The first-order valence-electron chi connectivity index (χ1n) is 9.78. The fraction of sp³-hybridized carbons (Fsp3) is 0.318. The lowest BCUT2D eigenvalue weighted by atomic mass is 10.2. The van der Waals surface area contributed by atoms with E-state index in [1.165, 1.54) is 4.68 Å². The van der Waals surface area contributed by atoms with E-state index in [4.69, 9.17) is 9.47 Å². The Bertz CT molecular complexity index is 1210. The lowest BCUT2D eigenvalue weighted by Crippen LogP contribution is -2.22. The van der Waals surface area contributed by atoms with E-state index in [9.17, 15) is 4.79 Å². The highest BCUT2D eigenvalue weighted by atomic mass is 79.9. The highest BCUT2D eigenvalue weighted by Gasteiger charge is 2.18. The summed E-state index contributed by atoms with van der Waals surface area (Å²) in [4.78, 5) is 17.7. The van der Waals surface area contributed by atoms with Gasteiger partial charge in [0.25, 0.3) is 5.56 Å². The van der Waals surface area contributed by atoms with Crippen LogP contribution in [-0.4, -0.2) is 29.1 Å². The van der Waals surface area contributed by atoms with E-state index < -0.39 is 0 Å². The van der Waals surface area contributed by atoms with Crippen molar-refractivity contribution in [2.24, 2.45) is 5.10 Å². The van der Waals surface area contributed by atoms with Crippen molar-refractivity contribution in [2.45, 2.75) is 39.7 Å². The maximum atomic E-state index is 13.1. The van der Waals surface area contributed by atoms with E-state index in [1.54, 1.807) is 19.4 Å². The molecule has 31 heavy (non-hydrogen) atoms. The molecule has 2 aromatic carbocycles. The standard InChI is InChI=1S/C22H22Br3N3O3/c1-5-12(3)31-21-17(30-4)9-13(19(24)20(21)25)11-26-28-18(6-2)27-16-8-7-14(23)10-15(16)22(28)29/h7-12H,5-6H2,1-4H3/t12-/m1/s1. The lowest BCUT2D eigenvalue weighted by Gasteiger charge is -2.18. The zero-order valence-electron chi connectivity index (χ0n) is 17.6. The third-order valence-electron chi connectivity index (χ3n) is 4.77. The summed E-state index contributed by atoms with van der Waals surface area (Å²) < 4.78 is 15.2. The Kier molecular flexibility index (Phi) is 7.93. The molecule has 0 radical (unpaired) electrons. The van der Waals surface area contributed by atoms with Crippen molar-refractivity contribution >= 4 is 64.9 Å². The number of aromatic nitrogens is 2. The van der Waals surface area contributed by atoms with E-state index in [0.29, 0.717) is 34.6 Å². The number of benzene rings is 2. The second kappa shape index (κ2) is 10.3. The van der Waals surface area contributed by atoms with Crippen molar-refractivity contribution < 1.29 is 9.47 Å². The Hall–Kier alpha value is -1.71. The molecular weight excluding hydrogens is 594 g/mol. The SMILES string of the molecule is CCc1nc2ccc(Br)cc2c(=O)n1N=Cc1cc(OC)c(O[C@H](C)CC)c(Br)c1Br. The molecule has 0 unspecified atom stereocenters. The summed E-state index contributed by atoms with van der Waals surface area (Å²) in [7, 11) is 1.59. The van der Waals surface area contributed by atoms with Gasteiger partial charge in [0, 0.05) is 20.9 Å². The quantitative estimate of drug-likeness (QED) is 0.292. The number of hydrogen-bond donors (Lipinski definition) is 0. The first-order valence-corrected chi connectivity index (χ1v) is 12.2. The number of ether oxygens (including phenoxy) is 2. The van der Waals surface area contributed by atoms with Gasteiger partial charge in [-0.1, -0.05) is 29.8 Å². The van der Waals surface area contributed by atoms with Crippen LogP contribution in [0.15, 0.2) is 47.6 Å². The van der Waals surface area contributed by atoms with Crippen molar-refractivity contribution in [1.82, 2.24) is 9.66 Å². The summed E-state index contributed by atoms with van der Waals surface area (Å²) in [6, 6.07) is 7.26. The van der Waals surface area contributed by atoms with E-state index in [-0.39, 0.29) is 11.7 Å². The van der Waals surface area contributed by atoms with Crippen molar-refractivity contribution in [3.8, 4) is 11.5 Å². The summed E-state index contributed by atoms with van der Waals surface area (Å²) in [6.45, 7) is 5.99. The van der Waals surface area contributed by atoms with Crippen LogP contribution in [0, 0.1) is 0 Å². The highest BCUT2D eigenvalue weighted by Crippen LogP contribution is 2.43. The minimum absolute atomic E-state index is 0.0327. The van der Waals surface area contributed by atoms with Gasteiger partial charge in [-0.05, 0) is 69.5 Å². The molecule has 1 atom stereocenters. The zero-order chi connectivity index (χ0) is 22.7. The predicted octanol–water partition coefficient (Wildman–Crippen LogP) is 6.31. The Labute approximate surface area is 206 Å². The number of methoxy groups -OCH3 is 1. The van der Waals surface area contributed by atoms with E-state index >= 15 is 0 Å². The maximum Gasteiger partial charge on any atom is 0.282 e. The van der Waals surface area contributed by atoms with Gasteiger partial charge in [-0.3, -0.25) is 4.79 Å². The molecule has 1 aromatic heterocycles. The molecule has 0 fully saturated rings. The zero-order valence-corrected chi connectivity index (χ0v) is 22.3. The van der Waals surface area contributed by atoms with Gasteiger partial charge in [-0.25, -0.2) is 4.98 Å². The maximum absolute atomic E-state index is 13.1. The lowest BCUT2D eigenvalue weighted by molar-refractivity contribution is 0.206. The third kappa shape index (κ3) is 5.04. The number of nitrogens with zero attached hydrogens (tertiary/aromatic N) is 3. The van der Waals surface area contributed by atoms with E-state index in [1.807, 2.05) is 32.0 Å². The summed E-state index contributed by atoms with van der Waals surface area (Å²) in [5, 5.41) is 4.96. The molecule has 0 N–H and O–H groups in total. The summed E-state index contributed by atoms with van der Waals surface area (Å²) in [6.07, 6.45) is 3.07. The Morgan fingerprint density at radius 1 is 1.19 bits per heavy atom. The molecule has 0 saturated carbocycles. The van der Waals surface area contributed by atoms with E-state index in [0.717, 1.165) is 25.4 Å². The second-order valence-corrected chi connectivity index (χ2v) is 9.37. The number of rotatable bonds is 7. The largest absolute Gasteiger partial charge is 0.493 e. The van der Waals surface area contributed by atoms with Crippen LogP contribution >= 0.6 is 47.8 Å². The molecule has 6 nitrogen and oxygen atoms in total. The Morgan fingerprint density at radius 2 is 1.94 bits per heavy atom. The smallest absolute Gasteiger partial charge is 0.282 e. The fourth-order valence-corrected chi connectivity index (χ4v) is 4.18. The predicted molar refractivity (Wildman–Crippen MR) is 135 cm³/mol. The Morgan fingerprint density at radius 3 is 2.58 bits per heavy atom. The fourth-order valence-electron chi connectivity index (χ4n) is 2.91. The van der Waals surface area contributed by atoms with Gasteiger partial charge in [-0.15, -0.1) is 0 Å². The van der Waals surface area contributed by atoms with Gasteiger partial charge in [-0.2, -0.15) is 9.78 Å². The van der Waals surface area contributed by atoms with E-state index in [2.05, 4.69) is 64.8 Å². The third-order valence-corrected chi connectivity index (χ3v) is 7.41. The van der Waals surface area contributed by atoms with Crippen molar-refractivity contribution in [3.05, 3.63) is 59.4 Å². The van der Waals surface area contributed by atoms with Crippen molar-refractivity contribution in [2.75, 3.05) is 7.11 Å². The molecule has 9 heteroatoms. The molecule has 1 heterocycles. The summed E-state index contributed by atoms with van der Waals surface area (Å²) in [5.41, 5.74) is 1.15. The molecule has 164 valence electrons. The van der Waals surface area contributed by atoms with Crippen LogP contribution in [0.1, 0.15) is 38.6 Å². The first-order chi connectivity index (χ1) is 14.8. The van der Waals surface area contributed by atoms with Gasteiger partial charge < -0.3 is 9.47 Å². The normalized spacial score (nSPS) is 12.5. The molecule has 0 amide bonds. The summed E-state index contributed by atoms with van der Waals surface area (Å²) >= 11 is 10.6. The van der Waals surface area contributed by atoms with Gasteiger partial charge in [0.05, 0.1) is 34.8 Å². The number of aryl methyl sites for hydroxylation is 1. The van der Waals surface area contributed by atoms with Gasteiger partial charge >= 0.3 is 0 Å². The van der Waals surface area contributed by atoms with Gasteiger partial charge in [0.2, 0.25) is 0 Å². The molecule has 0 aliphatic heterocycles. The van der Waals surface area contributed by atoms with Crippen LogP contribution in [0.5, 0.6) is 11.5 Å².